The number of hydrogen-bond donors (Lipinski definition) is 2. The van der Waals surface area contributed by atoms with E-state index < -0.39 is 10.7 Å². The summed E-state index contributed by atoms with van der Waals surface area (Å²) in [5.74, 6) is -0.623. The first kappa shape index (κ1) is 13.4. The minimum Gasteiger partial charge on any atom is -0.385 e. The largest absolute Gasteiger partial charge is 0.385 e. The number of hydrogen-bond acceptors (Lipinski definition) is 4. The second-order valence-corrected chi connectivity index (χ2v) is 4.95. The van der Waals surface area contributed by atoms with E-state index in [2.05, 4.69) is 10.6 Å². The molecule has 0 aliphatic carbocycles. The Balaban J connectivity index is 1.92. The van der Waals surface area contributed by atoms with Gasteiger partial charge in [-0.25, -0.2) is 4.39 Å². The molecule has 2 aromatic carbocycles. The molecule has 0 bridgehead atoms. The Morgan fingerprint density at radius 2 is 2.10 bits per heavy atom. The Bertz CT molecular complexity index is 703. The number of fused-ring (bicyclic) bond motifs is 1. The van der Waals surface area contributed by atoms with Crippen molar-refractivity contribution in [3.05, 3.63) is 57.9 Å². The van der Waals surface area contributed by atoms with Crippen LogP contribution in [-0.4, -0.2) is 11.5 Å². The van der Waals surface area contributed by atoms with Gasteiger partial charge in [0.2, 0.25) is 0 Å². The summed E-state index contributed by atoms with van der Waals surface area (Å²) in [6.07, 6.45) is 2.04. The summed E-state index contributed by atoms with van der Waals surface area (Å²) in [5, 5.41) is 17.3. The lowest BCUT2D eigenvalue weighted by Gasteiger charge is -2.19. The normalized spacial score (nSPS) is 13.2. The summed E-state index contributed by atoms with van der Waals surface area (Å²) in [4.78, 5) is 10.4. The van der Waals surface area contributed by atoms with Crippen molar-refractivity contribution in [2.45, 2.75) is 12.8 Å². The molecule has 0 fully saturated rings. The molecule has 0 aromatic heterocycles. The smallest absolute Gasteiger partial charge is 0.295 e. The van der Waals surface area contributed by atoms with Gasteiger partial charge in [-0.05, 0) is 48.7 Å². The zero-order valence-electron chi connectivity index (χ0n) is 11.2. The molecule has 0 atom stereocenters. The van der Waals surface area contributed by atoms with Gasteiger partial charge in [-0.2, -0.15) is 0 Å². The molecule has 3 rings (SSSR count). The van der Waals surface area contributed by atoms with Crippen LogP contribution in [0.1, 0.15) is 12.0 Å². The van der Waals surface area contributed by atoms with Crippen LogP contribution in [0.3, 0.4) is 0 Å². The molecule has 0 spiro atoms. The van der Waals surface area contributed by atoms with Gasteiger partial charge in [0.1, 0.15) is 11.5 Å². The van der Waals surface area contributed by atoms with Crippen LogP contribution in [0.5, 0.6) is 0 Å². The number of nitro groups is 1. The Kier molecular flexibility index (Phi) is 3.43. The molecule has 0 unspecified atom stereocenters. The summed E-state index contributed by atoms with van der Waals surface area (Å²) in [6.45, 7) is 0.962. The molecule has 21 heavy (non-hydrogen) atoms. The number of anilines is 3. The number of nitrogens with one attached hydrogen (secondary N) is 2. The van der Waals surface area contributed by atoms with E-state index >= 15 is 0 Å². The monoisotopic (exact) mass is 287 g/mol. The van der Waals surface area contributed by atoms with Gasteiger partial charge in [-0.1, -0.05) is 0 Å². The van der Waals surface area contributed by atoms with E-state index in [9.17, 15) is 14.5 Å². The molecule has 5 nitrogen and oxygen atoms in total. The van der Waals surface area contributed by atoms with E-state index in [1.54, 1.807) is 0 Å². The van der Waals surface area contributed by atoms with Crippen LogP contribution in [0.2, 0.25) is 0 Å². The predicted octanol–water partition coefficient (Wildman–Crippen LogP) is 3.84. The topological polar surface area (TPSA) is 67.2 Å². The quantitative estimate of drug-likeness (QED) is 0.665. The van der Waals surface area contributed by atoms with Crippen LogP contribution >= 0.6 is 0 Å². The van der Waals surface area contributed by atoms with Crippen molar-refractivity contribution in [2.75, 3.05) is 17.2 Å². The van der Waals surface area contributed by atoms with Gasteiger partial charge in [0.25, 0.3) is 5.69 Å². The summed E-state index contributed by atoms with van der Waals surface area (Å²) in [6, 6.07) is 9.27. The first-order valence-corrected chi connectivity index (χ1v) is 6.71. The summed E-state index contributed by atoms with van der Waals surface area (Å²) in [7, 11) is 0. The summed E-state index contributed by atoms with van der Waals surface area (Å²) < 4.78 is 13.1. The summed E-state index contributed by atoms with van der Waals surface area (Å²) in [5.41, 5.74) is 3.04. The molecule has 0 amide bonds. The highest BCUT2D eigenvalue weighted by Crippen LogP contribution is 2.31. The van der Waals surface area contributed by atoms with Gasteiger partial charge in [-0.3, -0.25) is 10.1 Å². The van der Waals surface area contributed by atoms with Gasteiger partial charge in [0, 0.05) is 17.9 Å². The van der Waals surface area contributed by atoms with Gasteiger partial charge < -0.3 is 10.6 Å². The maximum Gasteiger partial charge on any atom is 0.295 e. The molecule has 0 saturated heterocycles. The number of halogens is 1. The fraction of sp³-hybridized carbons (Fsp3) is 0.200. The van der Waals surface area contributed by atoms with Crippen molar-refractivity contribution in [3.63, 3.8) is 0 Å². The van der Waals surface area contributed by atoms with Crippen LogP contribution < -0.4 is 10.6 Å². The maximum atomic E-state index is 13.1. The maximum absolute atomic E-state index is 13.1. The minimum atomic E-state index is -0.623. The van der Waals surface area contributed by atoms with Crippen LogP contribution in [0.4, 0.5) is 27.1 Å². The number of nitrogens with zero attached hydrogens (tertiary/aromatic N) is 1. The van der Waals surface area contributed by atoms with Crippen LogP contribution in [0, 0.1) is 15.9 Å². The lowest BCUT2D eigenvalue weighted by Crippen LogP contribution is -2.11. The number of aryl methyl sites for hydroxylation is 1. The molecule has 1 aliphatic heterocycles. The van der Waals surface area contributed by atoms with Crippen molar-refractivity contribution in [2.24, 2.45) is 0 Å². The van der Waals surface area contributed by atoms with E-state index in [1.807, 2.05) is 18.2 Å². The van der Waals surface area contributed by atoms with E-state index in [-0.39, 0.29) is 11.4 Å². The van der Waals surface area contributed by atoms with Gasteiger partial charge >= 0.3 is 0 Å². The van der Waals surface area contributed by atoms with E-state index in [4.69, 9.17) is 0 Å². The average molecular weight is 287 g/mol. The highest BCUT2D eigenvalue weighted by atomic mass is 19.1. The lowest BCUT2D eigenvalue weighted by atomic mass is 10.0. The molecule has 108 valence electrons. The molecule has 6 heteroatoms. The fourth-order valence-electron chi connectivity index (χ4n) is 2.47. The predicted molar refractivity (Wildman–Crippen MR) is 79.6 cm³/mol. The van der Waals surface area contributed by atoms with Crippen molar-refractivity contribution in [3.8, 4) is 0 Å². The van der Waals surface area contributed by atoms with E-state index in [0.29, 0.717) is 0 Å². The van der Waals surface area contributed by atoms with Crippen LogP contribution in [0.15, 0.2) is 36.4 Å². The van der Waals surface area contributed by atoms with Gasteiger partial charge in [0.05, 0.1) is 11.0 Å². The van der Waals surface area contributed by atoms with E-state index in [0.717, 1.165) is 36.8 Å². The van der Waals surface area contributed by atoms with Gasteiger partial charge in [0.15, 0.2) is 0 Å². The zero-order chi connectivity index (χ0) is 14.8. The molecular formula is C15H14FN3O2. The second kappa shape index (κ2) is 5.40. The third kappa shape index (κ3) is 2.79. The molecular weight excluding hydrogens is 273 g/mol. The van der Waals surface area contributed by atoms with Crippen LogP contribution in [0.25, 0.3) is 0 Å². The standard InChI is InChI=1S/C15H14FN3O2/c16-11-3-5-14(15(9-11)19(20)21)18-12-4-6-13-10(8-12)2-1-7-17-13/h3-6,8-9,17-18H,1-2,7H2. The minimum absolute atomic E-state index is 0.272. The Morgan fingerprint density at radius 3 is 2.90 bits per heavy atom. The van der Waals surface area contributed by atoms with Gasteiger partial charge in [-0.15, -0.1) is 0 Å². The SMILES string of the molecule is O=[N+]([O-])c1cc(F)ccc1Nc1ccc2c(c1)CCCN2. The van der Waals surface area contributed by atoms with Crippen molar-refractivity contribution < 1.29 is 9.31 Å². The Hall–Kier alpha value is -2.63. The van der Waals surface area contributed by atoms with Crippen molar-refractivity contribution in [1.29, 1.82) is 0 Å². The molecule has 2 aromatic rings. The summed E-state index contributed by atoms with van der Waals surface area (Å²) >= 11 is 0. The molecule has 1 heterocycles. The fourth-order valence-corrected chi connectivity index (χ4v) is 2.47. The second-order valence-electron chi connectivity index (χ2n) is 4.95. The zero-order valence-corrected chi connectivity index (χ0v) is 11.2. The lowest BCUT2D eigenvalue weighted by molar-refractivity contribution is -0.384. The highest BCUT2D eigenvalue weighted by molar-refractivity contribution is 5.71. The Morgan fingerprint density at radius 1 is 1.24 bits per heavy atom. The number of benzene rings is 2. The number of rotatable bonds is 3. The average Bonchev–Trinajstić information content (AvgIpc) is 2.49. The van der Waals surface area contributed by atoms with E-state index in [1.165, 1.54) is 17.7 Å². The van der Waals surface area contributed by atoms with Crippen molar-refractivity contribution >= 4 is 22.7 Å². The third-order valence-electron chi connectivity index (χ3n) is 3.48. The Labute approximate surface area is 120 Å². The van der Waals surface area contributed by atoms with Crippen molar-refractivity contribution in [1.82, 2.24) is 0 Å². The molecule has 1 aliphatic rings. The molecule has 0 radical (unpaired) electrons. The first-order valence-electron chi connectivity index (χ1n) is 6.71. The van der Waals surface area contributed by atoms with Crippen LogP contribution in [-0.2, 0) is 6.42 Å². The number of nitro benzene ring substituents is 1. The molecule has 0 saturated carbocycles. The first-order chi connectivity index (χ1) is 10.1. The third-order valence-corrected chi connectivity index (χ3v) is 3.48. The highest BCUT2D eigenvalue weighted by Gasteiger charge is 2.16. The molecule has 2 N–H and O–H groups in total.